The summed E-state index contributed by atoms with van der Waals surface area (Å²) in [6.45, 7) is 2.05. The van der Waals surface area contributed by atoms with Gasteiger partial charge in [-0.05, 0) is 40.5 Å². The van der Waals surface area contributed by atoms with Crippen molar-refractivity contribution in [2.75, 3.05) is 0 Å². The molecule has 0 amide bonds. The van der Waals surface area contributed by atoms with Gasteiger partial charge in [-0.3, -0.25) is 0 Å². The van der Waals surface area contributed by atoms with Gasteiger partial charge in [0.25, 0.3) is 0 Å². The van der Waals surface area contributed by atoms with Crippen molar-refractivity contribution in [3.05, 3.63) is 33.9 Å². The molecule has 0 aliphatic rings. The Hall–Kier alpha value is -1.29. The number of rotatable bonds is 2. The van der Waals surface area contributed by atoms with Crippen LogP contribution in [0.1, 0.15) is 23.0 Å². The van der Waals surface area contributed by atoms with Gasteiger partial charge in [-0.15, -0.1) is 0 Å². The van der Waals surface area contributed by atoms with E-state index in [1.54, 1.807) is 18.2 Å². The molecule has 0 saturated carbocycles. The minimum absolute atomic E-state index is 0.310. The lowest BCUT2D eigenvalue weighted by Crippen LogP contribution is -1.94. The van der Waals surface area contributed by atoms with E-state index in [1.165, 1.54) is 0 Å². The monoisotopic (exact) mass is 267 g/mol. The van der Waals surface area contributed by atoms with E-state index in [4.69, 9.17) is 5.11 Å². The van der Waals surface area contributed by atoms with E-state index in [9.17, 15) is 4.79 Å². The number of aromatic nitrogens is 1. The number of aromatic carboxylic acids is 1. The average molecular weight is 268 g/mol. The number of hydrogen-bond acceptors (Lipinski definition) is 1. The van der Waals surface area contributed by atoms with E-state index in [0.29, 0.717) is 5.56 Å². The number of benzene rings is 1. The lowest BCUT2D eigenvalue weighted by Gasteiger charge is -1.94. The number of hydrogen-bond donors (Lipinski definition) is 2. The van der Waals surface area contributed by atoms with E-state index < -0.39 is 5.97 Å². The Labute approximate surface area is 95.2 Å². The topological polar surface area (TPSA) is 53.1 Å². The second-order valence-electron chi connectivity index (χ2n) is 3.34. The number of nitrogens with one attached hydrogen (secondary N) is 1. The minimum Gasteiger partial charge on any atom is -0.478 e. The summed E-state index contributed by atoms with van der Waals surface area (Å²) in [6, 6.07) is 5.08. The van der Waals surface area contributed by atoms with Gasteiger partial charge in [-0.1, -0.05) is 6.92 Å². The lowest BCUT2D eigenvalue weighted by molar-refractivity contribution is 0.0697. The summed E-state index contributed by atoms with van der Waals surface area (Å²) in [5, 5.41) is 9.80. The second kappa shape index (κ2) is 3.70. The molecule has 2 aromatic rings. The summed E-state index contributed by atoms with van der Waals surface area (Å²) in [7, 11) is 0. The fourth-order valence-corrected chi connectivity index (χ4v) is 2.30. The molecule has 0 unspecified atom stereocenters. The predicted molar refractivity (Wildman–Crippen MR) is 62.3 cm³/mol. The number of H-pyrrole nitrogens is 1. The van der Waals surface area contributed by atoms with Crippen LogP contribution in [-0.2, 0) is 6.42 Å². The molecule has 0 radical (unpaired) electrons. The molecule has 1 heterocycles. The normalized spacial score (nSPS) is 10.8. The van der Waals surface area contributed by atoms with Crippen molar-refractivity contribution in [1.82, 2.24) is 4.98 Å². The van der Waals surface area contributed by atoms with E-state index in [0.717, 1.165) is 27.5 Å². The summed E-state index contributed by atoms with van der Waals surface area (Å²) in [5.74, 6) is -0.900. The van der Waals surface area contributed by atoms with Gasteiger partial charge in [-0.25, -0.2) is 4.79 Å². The summed E-state index contributed by atoms with van der Waals surface area (Å²) in [6.07, 6.45) is 0.887. The van der Waals surface area contributed by atoms with Crippen LogP contribution in [0.2, 0.25) is 0 Å². The smallest absolute Gasteiger partial charge is 0.335 e. The molecule has 0 bridgehead atoms. The van der Waals surface area contributed by atoms with Gasteiger partial charge in [0, 0.05) is 21.1 Å². The number of carbonyl (C=O) groups is 1. The van der Waals surface area contributed by atoms with Gasteiger partial charge >= 0.3 is 5.97 Å². The summed E-state index contributed by atoms with van der Waals surface area (Å²) in [4.78, 5) is 14.0. The van der Waals surface area contributed by atoms with Crippen molar-refractivity contribution in [1.29, 1.82) is 0 Å². The first-order valence-corrected chi connectivity index (χ1v) is 5.46. The van der Waals surface area contributed by atoms with Crippen LogP contribution >= 0.6 is 15.9 Å². The highest BCUT2D eigenvalue weighted by molar-refractivity contribution is 9.10. The molecule has 0 spiro atoms. The van der Waals surface area contributed by atoms with E-state index in [1.807, 2.05) is 6.92 Å². The molecule has 0 atom stereocenters. The third-order valence-corrected chi connectivity index (χ3v) is 3.31. The highest BCUT2D eigenvalue weighted by Gasteiger charge is 2.10. The highest BCUT2D eigenvalue weighted by atomic mass is 79.9. The van der Waals surface area contributed by atoms with Crippen LogP contribution in [0.15, 0.2) is 22.7 Å². The van der Waals surface area contributed by atoms with Gasteiger partial charge in [0.05, 0.1) is 5.56 Å². The van der Waals surface area contributed by atoms with Crippen LogP contribution in [0, 0.1) is 0 Å². The number of fused-ring (bicyclic) bond motifs is 1. The Kier molecular flexibility index (Phi) is 2.52. The van der Waals surface area contributed by atoms with Crippen molar-refractivity contribution in [2.45, 2.75) is 13.3 Å². The Morgan fingerprint density at radius 1 is 1.53 bits per heavy atom. The first kappa shape index (κ1) is 10.2. The number of halogens is 1. The largest absolute Gasteiger partial charge is 0.478 e. The van der Waals surface area contributed by atoms with Crippen LogP contribution in [-0.4, -0.2) is 16.1 Å². The Bertz CT molecular complexity index is 531. The molecular formula is C11H10BrNO2. The molecule has 78 valence electrons. The molecule has 2 rings (SSSR count). The molecule has 1 aromatic heterocycles. The maximum atomic E-state index is 10.8. The summed E-state index contributed by atoms with van der Waals surface area (Å²) in [5.41, 5.74) is 2.36. The molecule has 0 fully saturated rings. The van der Waals surface area contributed by atoms with Crippen molar-refractivity contribution < 1.29 is 9.90 Å². The standard InChI is InChI=1S/C11H10BrNO2/c1-2-8-10(12)7-5-6(11(14)15)3-4-9(7)13-8/h3-5,13H,2H2,1H3,(H,14,15). The first-order chi connectivity index (χ1) is 7.13. The van der Waals surface area contributed by atoms with Crippen LogP contribution in [0.5, 0.6) is 0 Å². The molecule has 2 N–H and O–H groups in total. The summed E-state index contributed by atoms with van der Waals surface area (Å²) < 4.78 is 0.961. The molecule has 0 aliphatic heterocycles. The quantitative estimate of drug-likeness (QED) is 0.878. The van der Waals surface area contributed by atoms with Gasteiger partial charge < -0.3 is 10.1 Å². The number of carboxylic acids is 1. The first-order valence-electron chi connectivity index (χ1n) is 4.67. The third-order valence-electron chi connectivity index (χ3n) is 2.41. The Morgan fingerprint density at radius 2 is 2.27 bits per heavy atom. The zero-order valence-corrected chi connectivity index (χ0v) is 9.76. The fraction of sp³-hybridized carbons (Fsp3) is 0.182. The van der Waals surface area contributed by atoms with Gasteiger partial charge in [0.15, 0.2) is 0 Å². The third kappa shape index (κ3) is 1.65. The van der Waals surface area contributed by atoms with E-state index in [2.05, 4.69) is 20.9 Å². The average Bonchev–Trinajstić information content (AvgIpc) is 2.55. The zero-order chi connectivity index (χ0) is 11.0. The molecular weight excluding hydrogens is 258 g/mol. The number of aromatic amines is 1. The molecule has 0 saturated heterocycles. The second-order valence-corrected chi connectivity index (χ2v) is 4.13. The van der Waals surface area contributed by atoms with Crippen molar-refractivity contribution in [2.24, 2.45) is 0 Å². The van der Waals surface area contributed by atoms with E-state index in [-0.39, 0.29) is 0 Å². The SMILES string of the molecule is CCc1[nH]c2ccc(C(=O)O)cc2c1Br. The van der Waals surface area contributed by atoms with Gasteiger partial charge in [0.2, 0.25) is 0 Å². The van der Waals surface area contributed by atoms with Crippen LogP contribution < -0.4 is 0 Å². The van der Waals surface area contributed by atoms with E-state index >= 15 is 0 Å². The van der Waals surface area contributed by atoms with Crippen molar-refractivity contribution >= 4 is 32.8 Å². The lowest BCUT2D eigenvalue weighted by atomic mass is 10.1. The molecule has 15 heavy (non-hydrogen) atoms. The van der Waals surface area contributed by atoms with Gasteiger partial charge in [-0.2, -0.15) is 0 Å². The number of aryl methyl sites for hydroxylation is 1. The maximum Gasteiger partial charge on any atom is 0.335 e. The number of carboxylic acid groups (broad SMARTS) is 1. The Morgan fingerprint density at radius 3 is 2.87 bits per heavy atom. The van der Waals surface area contributed by atoms with Crippen molar-refractivity contribution in [3.8, 4) is 0 Å². The van der Waals surface area contributed by atoms with Crippen LogP contribution in [0.4, 0.5) is 0 Å². The molecule has 1 aromatic carbocycles. The molecule has 0 aliphatic carbocycles. The molecule has 3 nitrogen and oxygen atoms in total. The van der Waals surface area contributed by atoms with Crippen LogP contribution in [0.3, 0.4) is 0 Å². The maximum absolute atomic E-state index is 10.8. The zero-order valence-electron chi connectivity index (χ0n) is 8.17. The highest BCUT2D eigenvalue weighted by Crippen LogP contribution is 2.28. The minimum atomic E-state index is -0.900. The Balaban J connectivity index is 2.70. The van der Waals surface area contributed by atoms with Crippen LogP contribution in [0.25, 0.3) is 10.9 Å². The predicted octanol–water partition coefficient (Wildman–Crippen LogP) is 3.19. The van der Waals surface area contributed by atoms with Gasteiger partial charge in [0.1, 0.15) is 0 Å². The van der Waals surface area contributed by atoms with Crippen molar-refractivity contribution in [3.63, 3.8) is 0 Å². The fourth-order valence-electron chi connectivity index (χ4n) is 1.59. The summed E-state index contributed by atoms with van der Waals surface area (Å²) >= 11 is 3.47. The molecule has 4 heteroatoms.